The van der Waals surface area contributed by atoms with Crippen molar-refractivity contribution in [1.29, 1.82) is 0 Å². The number of H-pyrrole nitrogens is 1. The Morgan fingerprint density at radius 3 is 2.61 bits per heavy atom. The van der Waals surface area contributed by atoms with Gasteiger partial charge in [-0.2, -0.15) is 10.1 Å². The lowest BCUT2D eigenvalue weighted by Gasteiger charge is -2.11. The number of halogens is 2. The summed E-state index contributed by atoms with van der Waals surface area (Å²) in [7, 11) is -3.93. The van der Waals surface area contributed by atoms with Gasteiger partial charge in [0.1, 0.15) is 16.1 Å². The Morgan fingerprint density at radius 1 is 1.12 bits per heavy atom. The maximum absolute atomic E-state index is 12.7. The summed E-state index contributed by atoms with van der Waals surface area (Å²) in [5, 5.41) is 7.71. The molecule has 0 spiro atoms. The van der Waals surface area contributed by atoms with Crippen LogP contribution in [0.15, 0.2) is 47.4 Å². The van der Waals surface area contributed by atoms with E-state index in [2.05, 4.69) is 24.9 Å². The van der Waals surface area contributed by atoms with Crippen LogP contribution in [0, 0.1) is 5.92 Å². The largest absolute Gasteiger partial charge is 0.477 e. The van der Waals surface area contributed by atoms with Gasteiger partial charge in [-0.25, -0.2) is 13.4 Å². The monoisotopic (exact) mass is 504 g/mol. The summed E-state index contributed by atoms with van der Waals surface area (Å²) in [5.74, 6) is 1.62. The number of aromatic amines is 1. The highest BCUT2D eigenvalue weighted by molar-refractivity contribution is 7.92. The second-order valence-corrected chi connectivity index (χ2v) is 10.2. The normalized spacial score (nSPS) is 13.9. The number of rotatable bonds is 7. The fourth-order valence-corrected chi connectivity index (χ4v) is 5.03. The van der Waals surface area contributed by atoms with Crippen molar-refractivity contribution < 1.29 is 13.2 Å². The molecule has 0 unspecified atom stereocenters. The second-order valence-electron chi connectivity index (χ2n) is 7.70. The predicted octanol–water partition coefficient (Wildman–Crippen LogP) is 4.50. The van der Waals surface area contributed by atoms with Gasteiger partial charge in [-0.3, -0.25) is 9.82 Å². The number of sulfonamides is 1. The summed E-state index contributed by atoms with van der Waals surface area (Å²) in [5.41, 5.74) is 7.36. The molecule has 5 rings (SSSR count). The van der Waals surface area contributed by atoms with E-state index in [9.17, 15) is 8.42 Å². The molecule has 33 heavy (non-hydrogen) atoms. The molecule has 0 bridgehead atoms. The average Bonchev–Trinajstić information content (AvgIpc) is 3.55. The van der Waals surface area contributed by atoms with E-state index < -0.39 is 10.0 Å². The van der Waals surface area contributed by atoms with Crippen molar-refractivity contribution in [3.05, 3.63) is 52.5 Å². The molecule has 0 aliphatic heterocycles. The molecule has 9 nitrogen and oxygen atoms in total. The zero-order valence-electron chi connectivity index (χ0n) is 17.0. The molecular formula is C21H18Cl2N6O3S. The number of nitrogens with zero attached hydrogens (tertiary/aromatic N) is 3. The molecule has 2 heterocycles. The Kier molecular flexibility index (Phi) is 5.51. The van der Waals surface area contributed by atoms with Gasteiger partial charge in [-0.05, 0) is 61.2 Å². The Labute approximate surface area is 199 Å². The maximum Gasteiger partial charge on any atom is 0.263 e. The van der Waals surface area contributed by atoms with Crippen LogP contribution in [0.4, 0.5) is 11.5 Å². The minimum Gasteiger partial charge on any atom is -0.477 e. The number of ether oxygens (including phenoxy) is 1. The van der Waals surface area contributed by atoms with Crippen LogP contribution in [0.5, 0.6) is 5.88 Å². The lowest BCUT2D eigenvalue weighted by atomic mass is 10.2. The molecular weight excluding hydrogens is 487 g/mol. The van der Waals surface area contributed by atoms with Crippen molar-refractivity contribution in [3.8, 4) is 17.3 Å². The number of nitrogens with two attached hydrogens (primary N) is 1. The molecule has 4 aromatic rings. The van der Waals surface area contributed by atoms with E-state index in [0.29, 0.717) is 52.3 Å². The first-order valence-corrected chi connectivity index (χ1v) is 12.3. The predicted molar refractivity (Wildman–Crippen MR) is 127 cm³/mol. The van der Waals surface area contributed by atoms with Crippen molar-refractivity contribution in [3.63, 3.8) is 0 Å². The zero-order chi connectivity index (χ0) is 23.2. The zero-order valence-corrected chi connectivity index (χ0v) is 19.4. The minimum atomic E-state index is -3.93. The van der Waals surface area contributed by atoms with E-state index in [1.54, 1.807) is 24.3 Å². The van der Waals surface area contributed by atoms with Crippen molar-refractivity contribution in [2.24, 2.45) is 5.92 Å². The highest BCUT2D eigenvalue weighted by atomic mass is 35.5. The third-order valence-electron chi connectivity index (χ3n) is 5.14. The lowest BCUT2D eigenvalue weighted by molar-refractivity contribution is 0.292. The molecule has 4 N–H and O–H groups in total. The first kappa shape index (κ1) is 21.7. The number of fused-ring (bicyclic) bond motifs is 1. The van der Waals surface area contributed by atoms with Gasteiger partial charge < -0.3 is 10.5 Å². The van der Waals surface area contributed by atoms with E-state index in [-0.39, 0.29) is 14.9 Å². The fraction of sp³-hybridized carbons (Fsp3) is 0.190. The molecule has 0 saturated heterocycles. The van der Waals surface area contributed by atoms with Crippen LogP contribution in [-0.4, -0.2) is 35.2 Å². The molecule has 1 aliphatic carbocycles. The summed E-state index contributed by atoms with van der Waals surface area (Å²) in [6.45, 7) is 0.558. The number of nitrogen functional groups attached to an aromatic ring is 1. The second kappa shape index (κ2) is 8.36. The van der Waals surface area contributed by atoms with Gasteiger partial charge in [0.2, 0.25) is 5.88 Å². The third kappa shape index (κ3) is 4.54. The van der Waals surface area contributed by atoms with Gasteiger partial charge in [0.05, 0.1) is 11.6 Å². The molecule has 0 amide bonds. The number of benzene rings is 2. The first-order valence-electron chi connectivity index (χ1n) is 10.0. The van der Waals surface area contributed by atoms with E-state index in [1.165, 1.54) is 18.2 Å². The Morgan fingerprint density at radius 2 is 1.88 bits per heavy atom. The van der Waals surface area contributed by atoms with Gasteiger partial charge in [-0.15, -0.1) is 0 Å². The molecule has 0 atom stereocenters. The van der Waals surface area contributed by atoms with Crippen molar-refractivity contribution >= 4 is 55.8 Å². The topological polar surface area (TPSA) is 136 Å². The molecule has 1 fully saturated rings. The Hall–Kier alpha value is -3.08. The summed E-state index contributed by atoms with van der Waals surface area (Å²) < 4.78 is 33.9. The molecule has 170 valence electrons. The molecule has 1 aliphatic rings. The van der Waals surface area contributed by atoms with Crippen molar-refractivity contribution in [1.82, 2.24) is 20.2 Å². The quantitative estimate of drug-likeness (QED) is 0.337. The molecule has 1 saturated carbocycles. The van der Waals surface area contributed by atoms with Crippen molar-refractivity contribution in [2.45, 2.75) is 17.7 Å². The molecule has 2 aromatic heterocycles. The number of aromatic nitrogens is 4. The third-order valence-corrected chi connectivity index (χ3v) is 7.24. The van der Waals surface area contributed by atoms with E-state index in [0.717, 1.165) is 12.8 Å². The van der Waals surface area contributed by atoms with Gasteiger partial charge in [0.15, 0.2) is 11.5 Å². The van der Waals surface area contributed by atoms with Crippen LogP contribution >= 0.6 is 23.2 Å². The van der Waals surface area contributed by atoms with Crippen molar-refractivity contribution in [2.75, 3.05) is 17.1 Å². The SMILES string of the molecule is Nc1[nH]nc2nc(-c3ccc(NS(=O)(=O)c4cc(Cl)ccc4Cl)cc3)nc(OCC3CC3)c12. The average molecular weight is 505 g/mol. The van der Waals surface area contributed by atoms with Gasteiger partial charge in [0, 0.05) is 16.3 Å². The number of anilines is 2. The molecule has 12 heteroatoms. The lowest BCUT2D eigenvalue weighted by Crippen LogP contribution is -2.13. The Bertz CT molecular complexity index is 1450. The smallest absolute Gasteiger partial charge is 0.263 e. The van der Waals surface area contributed by atoms with E-state index >= 15 is 0 Å². The highest BCUT2D eigenvalue weighted by Gasteiger charge is 2.24. The highest BCUT2D eigenvalue weighted by Crippen LogP contribution is 2.33. The summed E-state index contributed by atoms with van der Waals surface area (Å²) >= 11 is 12.0. The van der Waals surface area contributed by atoms with Crippen LogP contribution < -0.4 is 15.2 Å². The van der Waals surface area contributed by atoms with E-state index in [1.807, 2.05) is 0 Å². The molecule has 0 radical (unpaired) electrons. The van der Waals surface area contributed by atoms with Crippen LogP contribution in [0.3, 0.4) is 0 Å². The summed E-state index contributed by atoms with van der Waals surface area (Å²) in [6, 6.07) is 10.8. The number of hydrogen-bond donors (Lipinski definition) is 3. The van der Waals surface area contributed by atoms with Crippen LogP contribution in [0.1, 0.15) is 12.8 Å². The summed E-state index contributed by atoms with van der Waals surface area (Å²) in [6.07, 6.45) is 2.28. The minimum absolute atomic E-state index is 0.0715. The molecule has 2 aromatic carbocycles. The van der Waals surface area contributed by atoms with Gasteiger partial charge in [0.25, 0.3) is 10.0 Å². The fourth-order valence-electron chi connectivity index (χ4n) is 3.21. The van der Waals surface area contributed by atoms with Crippen LogP contribution in [0.2, 0.25) is 10.0 Å². The number of nitrogens with one attached hydrogen (secondary N) is 2. The Balaban J connectivity index is 1.43. The first-order chi connectivity index (χ1) is 15.8. The van der Waals surface area contributed by atoms with E-state index in [4.69, 9.17) is 33.7 Å². The summed E-state index contributed by atoms with van der Waals surface area (Å²) in [4.78, 5) is 8.88. The maximum atomic E-state index is 12.7. The van der Waals surface area contributed by atoms with Gasteiger partial charge in [-0.1, -0.05) is 23.2 Å². The van der Waals surface area contributed by atoms with Gasteiger partial charge >= 0.3 is 0 Å². The number of hydrogen-bond acceptors (Lipinski definition) is 7. The van der Waals surface area contributed by atoms with Crippen LogP contribution in [-0.2, 0) is 10.0 Å². The van der Waals surface area contributed by atoms with Crippen LogP contribution in [0.25, 0.3) is 22.4 Å². The standard InChI is InChI=1S/C21H18Cl2N6O3S/c22-13-5-8-15(23)16(9-13)33(30,31)29-14-6-3-12(4-7-14)19-25-20-17(18(24)27-28-20)21(26-19)32-10-11-1-2-11/h3-9,11,29H,1-2,10H2,(H3,24,25,26,27,28).